The summed E-state index contributed by atoms with van der Waals surface area (Å²) in [4.78, 5) is 28.2. The number of carbonyl (C=O) groups excluding carboxylic acids is 1. The second-order valence-electron chi connectivity index (χ2n) is 8.88. The number of rotatable bonds is 3. The number of amides is 1. The fraction of sp³-hybridized carbons (Fsp3) is 0.435. The van der Waals surface area contributed by atoms with Crippen LogP contribution in [0.2, 0.25) is 0 Å². The van der Waals surface area contributed by atoms with E-state index in [0.717, 1.165) is 43.5 Å². The van der Waals surface area contributed by atoms with Crippen molar-refractivity contribution in [2.45, 2.75) is 49.5 Å². The van der Waals surface area contributed by atoms with E-state index in [1.54, 1.807) is 19.2 Å². The van der Waals surface area contributed by atoms with Gasteiger partial charge in [-0.25, -0.2) is 14.1 Å². The predicted molar refractivity (Wildman–Crippen MR) is 131 cm³/mol. The van der Waals surface area contributed by atoms with E-state index in [4.69, 9.17) is 9.90 Å². The Morgan fingerprint density at radius 1 is 1.00 bits per heavy atom. The number of nitrogens with one attached hydrogen (secondary N) is 1. The molecule has 2 aliphatic heterocycles. The molecule has 1 amide bonds. The number of hydrogen-bond donors (Lipinski definition) is 4. The minimum Gasteiger partial charge on any atom is -0.475 e. The van der Waals surface area contributed by atoms with Gasteiger partial charge in [-0.05, 0) is 36.6 Å². The Morgan fingerprint density at radius 2 is 1.59 bits per heavy atom. The number of carbonyl (C=O) groups is 2. The van der Waals surface area contributed by atoms with Crippen molar-refractivity contribution in [3.8, 4) is 0 Å². The molecule has 3 heterocycles. The molecule has 0 aliphatic carbocycles. The molecule has 0 atom stereocenters. The Morgan fingerprint density at radius 3 is 2.13 bits per heavy atom. The number of alkyl halides is 6. The monoisotopic (exact) mass is 584 g/mol. The first-order valence-corrected chi connectivity index (χ1v) is 13.1. The fourth-order valence-electron chi connectivity index (χ4n) is 4.03. The largest absolute Gasteiger partial charge is 0.490 e. The molecule has 0 radical (unpaired) electrons. The van der Waals surface area contributed by atoms with Gasteiger partial charge in [0, 0.05) is 38.6 Å². The summed E-state index contributed by atoms with van der Waals surface area (Å²) in [6, 6.07) is 5.55. The van der Waals surface area contributed by atoms with Crippen molar-refractivity contribution in [2.24, 2.45) is 0 Å². The van der Waals surface area contributed by atoms with Crippen LogP contribution in [-0.2, 0) is 17.5 Å². The van der Waals surface area contributed by atoms with Crippen LogP contribution in [0.5, 0.6) is 0 Å². The van der Waals surface area contributed by atoms with Gasteiger partial charge in [-0.2, -0.15) is 26.3 Å². The average Bonchev–Trinajstić information content (AvgIpc) is 3.02. The second-order valence-corrected chi connectivity index (χ2v) is 11.0. The first-order chi connectivity index (χ1) is 18.0. The summed E-state index contributed by atoms with van der Waals surface area (Å²) in [7, 11) is -1.57. The van der Waals surface area contributed by atoms with E-state index in [1.165, 1.54) is 10.4 Å². The van der Waals surface area contributed by atoms with Gasteiger partial charge in [-0.15, -0.1) is 10.8 Å². The molecule has 0 saturated carbocycles. The van der Waals surface area contributed by atoms with E-state index < -0.39 is 40.6 Å². The van der Waals surface area contributed by atoms with E-state index in [2.05, 4.69) is 10.3 Å². The van der Waals surface area contributed by atoms with Crippen LogP contribution in [0.15, 0.2) is 35.4 Å². The van der Waals surface area contributed by atoms with E-state index in [9.17, 15) is 40.2 Å². The molecule has 2 aliphatic rings. The molecule has 1 aromatic carbocycles. The van der Waals surface area contributed by atoms with E-state index >= 15 is 0 Å². The van der Waals surface area contributed by atoms with Gasteiger partial charge in [0.1, 0.15) is 5.82 Å². The second kappa shape index (κ2) is 11.6. The molecule has 1 saturated heterocycles. The van der Waals surface area contributed by atoms with Crippen LogP contribution in [0.25, 0.3) is 0 Å². The number of carboxylic acid groups (broad SMARTS) is 1. The van der Waals surface area contributed by atoms with Gasteiger partial charge >= 0.3 is 18.3 Å². The summed E-state index contributed by atoms with van der Waals surface area (Å²) < 4.78 is 93.9. The molecule has 2 aromatic rings. The third kappa shape index (κ3) is 7.32. The number of nitrogens with zero attached hydrogens (tertiary/aromatic N) is 3. The summed E-state index contributed by atoms with van der Waals surface area (Å²) >= 11 is 0. The summed E-state index contributed by atoms with van der Waals surface area (Å²) in [5.41, 5.74) is -0.170. The standard InChI is InChI=1S/C21H25F3N4O3S.C2HF3O2/c1-27-13-14-6-7-16(11-18(14)32(27,30)31)26-20(29)17-10-15(21(22,23)24)12-25-19(17)28-8-4-2-3-5-9-28;3-2(4,5)1(6)7/h6-7,10-12,30-31H,2-5,8-9,13H2,1H3,(H,26,29);(H,6,7). The Bertz CT molecular complexity index is 1220. The van der Waals surface area contributed by atoms with Crippen LogP contribution < -0.4 is 10.2 Å². The summed E-state index contributed by atoms with van der Waals surface area (Å²) in [6.45, 7) is 1.58. The first kappa shape index (κ1) is 30.5. The zero-order valence-corrected chi connectivity index (χ0v) is 21.3. The van der Waals surface area contributed by atoms with Crippen LogP contribution in [0.3, 0.4) is 0 Å². The zero-order valence-electron chi connectivity index (χ0n) is 20.5. The number of hydrogen-bond acceptors (Lipinski definition) is 7. The Kier molecular flexibility index (Phi) is 9.04. The van der Waals surface area contributed by atoms with Crippen molar-refractivity contribution in [3.63, 3.8) is 0 Å². The summed E-state index contributed by atoms with van der Waals surface area (Å²) in [5.74, 6) is -3.26. The molecular formula is C23H26F6N4O5S. The smallest absolute Gasteiger partial charge is 0.475 e. The van der Waals surface area contributed by atoms with E-state index in [0.29, 0.717) is 24.5 Å². The Labute approximate surface area is 220 Å². The molecule has 0 bridgehead atoms. The van der Waals surface area contributed by atoms with Gasteiger partial charge in [0.25, 0.3) is 5.91 Å². The lowest BCUT2D eigenvalue weighted by atomic mass is 10.1. The molecule has 1 aromatic heterocycles. The van der Waals surface area contributed by atoms with Crippen molar-refractivity contribution in [2.75, 3.05) is 30.4 Å². The Balaban J connectivity index is 0.000000532. The van der Waals surface area contributed by atoms with Crippen LogP contribution in [0.1, 0.15) is 47.2 Å². The molecule has 9 nitrogen and oxygen atoms in total. The molecule has 0 spiro atoms. The highest BCUT2D eigenvalue weighted by molar-refractivity contribution is 8.22. The highest BCUT2D eigenvalue weighted by Crippen LogP contribution is 2.58. The number of halogens is 6. The number of anilines is 2. The number of benzene rings is 1. The van der Waals surface area contributed by atoms with Crippen molar-refractivity contribution in [3.05, 3.63) is 47.2 Å². The molecule has 0 unspecified atom stereocenters. The maximum Gasteiger partial charge on any atom is 0.490 e. The molecule has 4 N–H and O–H groups in total. The quantitative estimate of drug-likeness (QED) is 0.332. The molecule has 216 valence electrons. The molecule has 39 heavy (non-hydrogen) atoms. The highest BCUT2D eigenvalue weighted by Gasteiger charge is 2.38. The minimum atomic E-state index is -5.08. The molecule has 4 rings (SSSR count). The van der Waals surface area contributed by atoms with Crippen molar-refractivity contribution in [1.82, 2.24) is 9.29 Å². The van der Waals surface area contributed by atoms with Gasteiger partial charge in [0.15, 0.2) is 0 Å². The van der Waals surface area contributed by atoms with E-state index in [1.807, 2.05) is 4.90 Å². The summed E-state index contributed by atoms with van der Waals surface area (Å²) in [6.07, 6.45) is -5.16. The fourth-order valence-corrected chi connectivity index (χ4v) is 5.45. The van der Waals surface area contributed by atoms with Gasteiger partial charge in [-0.1, -0.05) is 18.9 Å². The lowest BCUT2D eigenvalue weighted by molar-refractivity contribution is -0.192. The SMILES string of the molecule is CN1Cc2ccc(NC(=O)c3cc(C(F)(F)F)cnc3N3CCCCCC3)cc2S1(O)O.O=C(O)C(F)(F)F. The number of fused-ring (bicyclic) bond motifs is 1. The van der Waals surface area contributed by atoms with Crippen molar-refractivity contribution < 1.29 is 50.1 Å². The topological polar surface area (TPSA) is 126 Å². The lowest BCUT2D eigenvalue weighted by Crippen LogP contribution is -2.28. The normalized spacial score (nSPS) is 18.3. The van der Waals surface area contributed by atoms with Crippen LogP contribution in [0.4, 0.5) is 37.8 Å². The minimum absolute atomic E-state index is 0.161. The number of aliphatic carboxylic acids is 1. The third-order valence-electron chi connectivity index (χ3n) is 6.03. The van der Waals surface area contributed by atoms with E-state index in [-0.39, 0.29) is 17.1 Å². The third-order valence-corrected chi connectivity index (χ3v) is 8.00. The molecule has 16 heteroatoms. The van der Waals surface area contributed by atoms with Gasteiger partial charge in [-0.3, -0.25) is 13.9 Å². The first-order valence-electron chi connectivity index (χ1n) is 11.6. The van der Waals surface area contributed by atoms with Gasteiger partial charge in [0.2, 0.25) is 0 Å². The average molecular weight is 585 g/mol. The molecule has 1 fully saturated rings. The van der Waals surface area contributed by atoms with Gasteiger partial charge < -0.3 is 15.3 Å². The Hall–Kier alpha value is -3.08. The predicted octanol–water partition coefficient (Wildman–Crippen LogP) is 5.84. The number of carboxylic acids is 1. The summed E-state index contributed by atoms with van der Waals surface area (Å²) in [5, 5.41) is 9.74. The van der Waals surface area contributed by atoms with Crippen LogP contribution in [-0.4, -0.2) is 61.7 Å². The van der Waals surface area contributed by atoms with Crippen LogP contribution in [0, 0.1) is 0 Å². The number of pyridine rings is 1. The number of aromatic nitrogens is 1. The van der Waals surface area contributed by atoms with Crippen LogP contribution >= 0.6 is 10.8 Å². The van der Waals surface area contributed by atoms with Crippen molar-refractivity contribution >= 4 is 34.2 Å². The van der Waals surface area contributed by atoms with Crippen molar-refractivity contribution in [1.29, 1.82) is 0 Å². The van der Waals surface area contributed by atoms with Gasteiger partial charge in [0.05, 0.1) is 16.0 Å². The zero-order chi connectivity index (χ0) is 29.2. The lowest BCUT2D eigenvalue weighted by Gasteiger charge is -2.34. The maximum absolute atomic E-state index is 13.3. The highest BCUT2D eigenvalue weighted by atomic mass is 32.3. The molecular weight excluding hydrogens is 558 g/mol. The maximum atomic E-state index is 13.3.